The Balaban J connectivity index is 1.84. The molecule has 3 rings (SSSR count). The van der Waals surface area contributed by atoms with Crippen molar-refractivity contribution in [1.82, 2.24) is 5.32 Å². The molecule has 21 heavy (non-hydrogen) atoms. The van der Waals surface area contributed by atoms with Crippen molar-refractivity contribution in [2.24, 2.45) is 0 Å². The average Bonchev–Trinajstić information content (AvgIpc) is 2.51. The van der Waals surface area contributed by atoms with Crippen molar-refractivity contribution in [3.05, 3.63) is 63.9 Å². The molecule has 0 spiro atoms. The average molecular weight is 305 g/mol. The van der Waals surface area contributed by atoms with Gasteiger partial charge in [0, 0.05) is 12.1 Å². The Bertz CT molecular complexity index is 703. The molecule has 0 aliphatic carbocycles. The molecule has 0 unspecified atom stereocenters. The summed E-state index contributed by atoms with van der Waals surface area (Å²) in [6.07, 6.45) is 0.958. The first-order chi connectivity index (χ1) is 10.1. The number of benzene rings is 2. The minimum atomic E-state index is -0.618. The van der Waals surface area contributed by atoms with Crippen LogP contribution in [0.2, 0.25) is 5.02 Å². The molecular weight excluding hydrogens is 291 g/mol. The fraction of sp³-hybridized carbons (Fsp3) is 0.188. The van der Waals surface area contributed by atoms with E-state index >= 15 is 0 Å². The Hall–Kier alpha value is -1.91. The monoisotopic (exact) mass is 304 g/mol. The Labute approximate surface area is 127 Å². The lowest BCUT2D eigenvalue weighted by atomic mass is 9.98. The van der Waals surface area contributed by atoms with Crippen LogP contribution in [0.5, 0.6) is 0 Å². The maximum atomic E-state index is 13.8. The second-order valence-corrected chi connectivity index (χ2v) is 5.37. The lowest BCUT2D eigenvalue weighted by Crippen LogP contribution is -2.24. The van der Waals surface area contributed by atoms with E-state index in [-0.39, 0.29) is 16.6 Å². The Morgan fingerprint density at radius 3 is 2.95 bits per heavy atom. The van der Waals surface area contributed by atoms with Crippen LogP contribution in [0.1, 0.15) is 21.5 Å². The molecule has 0 atom stereocenters. The van der Waals surface area contributed by atoms with Crippen LogP contribution < -0.4 is 10.6 Å². The van der Waals surface area contributed by atoms with Gasteiger partial charge in [-0.05, 0) is 48.4 Å². The van der Waals surface area contributed by atoms with Crippen molar-refractivity contribution < 1.29 is 9.18 Å². The lowest BCUT2D eigenvalue weighted by Gasteiger charge is -2.17. The molecule has 1 aliphatic rings. The fourth-order valence-corrected chi connectivity index (χ4v) is 2.59. The summed E-state index contributed by atoms with van der Waals surface area (Å²) in [5.74, 6) is -0.961. The first-order valence-corrected chi connectivity index (χ1v) is 7.11. The number of carbonyl (C=O) groups is 1. The van der Waals surface area contributed by atoms with Gasteiger partial charge in [0.05, 0.1) is 10.7 Å². The molecule has 0 saturated heterocycles. The standard InChI is InChI=1S/C16H14ClFN2O/c17-13-2-1-3-14(15(13)18)20-16(21)11-5-4-10-6-7-19-9-12(10)8-11/h1-5,8,19H,6-7,9H2,(H,20,21). The van der Waals surface area contributed by atoms with Crippen molar-refractivity contribution in [3.63, 3.8) is 0 Å². The largest absolute Gasteiger partial charge is 0.319 e. The van der Waals surface area contributed by atoms with E-state index in [1.807, 2.05) is 12.1 Å². The molecule has 2 aromatic rings. The SMILES string of the molecule is O=C(Nc1cccc(Cl)c1F)c1ccc2c(c1)CNCC2. The van der Waals surface area contributed by atoms with E-state index in [0.717, 1.165) is 25.1 Å². The summed E-state index contributed by atoms with van der Waals surface area (Å²) in [7, 11) is 0. The van der Waals surface area contributed by atoms with Crippen molar-refractivity contribution in [2.45, 2.75) is 13.0 Å². The highest BCUT2D eigenvalue weighted by Gasteiger charge is 2.14. The predicted octanol–water partition coefficient (Wildman–Crippen LogP) is 3.38. The van der Waals surface area contributed by atoms with Crippen LogP contribution in [-0.4, -0.2) is 12.5 Å². The number of anilines is 1. The predicted molar refractivity (Wildman–Crippen MR) is 81.2 cm³/mol. The zero-order chi connectivity index (χ0) is 14.8. The number of hydrogen-bond acceptors (Lipinski definition) is 2. The van der Waals surface area contributed by atoms with Gasteiger partial charge in [-0.25, -0.2) is 4.39 Å². The van der Waals surface area contributed by atoms with E-state index in [1.165, 1.54) is 17.7 Å². The number of halogens is 2. The van der Waals surface area contributed by atoms with Crippen LogP contribution in [0, 0.1) is 5.82 Å². The second-order valence-electron chi connectivity index (χ2n) is 4.97. The van der Waals surface area contributed by atoms with Crippen molar-refractivity contribution in [1.29, 1.82) is 0 Å². The fourth-order valence-electron chi connectivity index (χ4n) is 2.42. The normalized spacial score (nSPS) is 13.6. The molecule has 3 nitrogen and oxygen atoms in total. The highest BCUT2D eigenvalue weighted by Crippen LogP contribution is 2.23. The zero-order valence-corrected chi connectivity index (χ0v) is 12.0. The second kappa shape index (κ2) is 5.84. The van der Waals surface area contributed by atoms with Gasteiger partial charge < -0.3 is 10.6 Å². The van der Waals surface area contributed by atoms with Gasteiger partial charge in [-0.1, -0.05) is 23.7 Å². The third-order valence-corrected chi connectivity index (χ3v) is 3.85. The number of amides is 1. The molecule has 0 radical (unpaired) electrons. The maximum Gasteiger partial charge on any atom is 0.255 e. The molecule has 1 amide bonds. The van der Waals surface area contributed by atoms with Gasteiger partial charge in [0.25, 0.3) is 5.91 Å². The number of carbonyl (C=O) groups excluding carboxylic acids is 1. The molecule has 5 heteroatoms. The third kappa shape index (κ3) is 2.91. The Kier molecular flexibility index (Phi) is 3.90. The van der Waals surface area contributed by atoms with E-state index in [0.29, 0.717) is 5.56 Å². The van der Waals surface area contributed by atoms with Crippen LogP contribution >= 0.6 is 11.6 Å². The quantitative estimate of drug-likeness (QED) is 0.893. The molecule has 2 N–H and O–H groups in total. The third-order valence-electron chi connectivity index (χ3n) is 3.55. The van der Waals surface area contributed by atoms with Gasteiger partial charge >= 0.3 is 0 Å². The van der Waals surface area contributed by atoms with Gasteiger partial charge in [-0.2, -0.15) is 0 Å². The Morgan fingerprint density at radius 1 is 1.24 bits per heavy atom. The summed E-state index contributed by atoms with van der Waals surface area (Å²) in [6, 6.07) is 10.1. The molecule has 0 fully saturated rings. The topological polar surface area (TPSA) is 41.1 Å². The van der Waals surface area contributed by atoms with Crippen molar-refractivity contribution in [3.8, 4) is 0 Å². The molecular formula is C16H14ClFN2O. The molecule has 108 valence electrons. The van der Waals surface area contributed by atoms with E-state index in [1.54, 1.807) is 12.1 Å². The summed E-state index contributed by atoms with van der Waals surface area (Å²) >= 11 is 5.70. The first kappa shape index (κ1) is 14.0. The van der Waals surface area contributed by atoms with E-state index in [9.17, 15) is 9.18 Å². The van der Waals surface area contributed by atoms with Crippen LogP contribution in [-0.2, 0) is 13.0 Å². The molecule has 2 aromatic carbocycles. The maximum absolute atomic E-state index is 13.8. The van der Waals surface area contributed by atoms with Crippen molar-refractivity contribution >= 4 is 23.2 Å². The first-order valence-electron chi connectivity index (χ1n) is 6.73. The molecule has 0 bridgehead atoms. The lowest BCUT2D eigenvalue weighted by molar-refractivity contribution is 0.102. The van der Waals surface area contributed by atoms with Crippen LogP contribution in [0.4, 0.5) is 10.1 Å². The molecule has 0 saturated carbocycles. The summed E-state index contributed by atoms with van der Waals surface area (Å²) < 4.78 is 13.8. The summed E-state index contributed by atoms with van der Waals surface area (Å²) in [6.45, 7) is 1.70. The van der Waals surface area contributed by atoms with E-state index in [4.69, 9.17) is 11.6 Å². The van der Waals surface area contributed by atoms with E-state index < -0.39 is 5.82 Å². The van der Waals surface area contributed by atoms with Gasteiger partial charge in [0.1, 0.15) is 0 Å². The highest BCUT2D eigenvalue weighted by molar-refractivity contribution is 6.31. The smallest absolute Gasteiger partial charge is 0.255 e. The number of rotatable bonds is 2. The highest BCUT2D eigenvalue weighted by atomic mass is 35.5. The molecule has 0 aromatic heterocycles. The summed E-state index contributed by atoms with van der Waals surface area (Å²) in [5, 5.41) is 5.81. The van der Waals surface area contributed by atoms with Crippen LogP contribution in [0.3, 0.4) is 0 Å². The summed E-state index contributed by atoms with van der Waals surface area (Å²) in [4.78, 5) is 12.2. The van der Waals surface area contributed by atoms with E-state index in [2.05, 4.69) is 10.6 Å². The van der Waals surface area contributed by atoms with Gasteiger partial charge in [0.15, 0.2) is 5.82 Å². The summed E-state index contributed by atoms with van der Waals surface area (Å²) in [5.41, 5.74) is 2.96. The number of nitrogens with one attached hydrogen (secondary N) is 2. The van der Waals surface area contributed by atoms with Crippen molar-refractivity contribution in [2.75, 3.05) is 11.9 Å². The Morgan fingerprint density at radius 2 is 2.10 bits per heavy atom. The molecule has 1 aliphatic heterocycles. The minimum Gasteiger partial charge on any atom is -0.319 e. The number of hydrogen-bond donors (Lipinski definition) is 2. The molecule has 1 heterocycles. The number of fused-ring (bicyclic) bond motifs is 1. The van der Waals surface area contributed by atoms with Gasteiger partial charge in [0.2, 0.25) is 0 Å². The van der Waals surface area contributed by atoms with Crippen LogP contribution in [0.15, 0.2) is 36.4 Å². The minimum absolute atomic E-state index is 0.0116. The zero-order valence-electron chi connectivity index (χ0n) is 11.2. The van der Waals surface area contributed by atoms with Gasteiger partial charge in [-0.3, -0.25) is 4.79 Å². The van der Waals surface area contributed by atoms with Crippen LogP contribution in [0.25, 0.3) is 0 Å². The van der Waals surface area contributed by atoms with Gasteiger partial charge in [-0.15, -0.1) is 0 Å².